The van der Waals surface area contributed by atoms with Crippen LogP contribution in [-0.2, 0) is 6.42 Å². The number of fused-ring (bicyclic) bond motifs is 4. The summed E-state index contributed by atoms with van der Waals surface area (Å²) in [6, 6.07) is 15.3. The monoisotopic (exact) mass is 286 g/mol. The van der Waals surface area contributed by atoms with Crippen LogP contribution < -0.4 is 0 Å². The molecule has 0 saturated heterocycles. The van der Waals surface area contributed by atoms with Gasteiger partial charge in [-0.3, -0.25) is 9.97 Å². The molecule has 104 valence electrons. The van der Waals surface area contributed by atoms with Crippen LogP contribution in [0.4, 0.5) is 4.39 Å². The maximum Gasteiger partial charge on any atom is 0.134 e. The fourth-order valence-corrected chi connectivity index (χ4v) is 3.46. The minimum absolute atomic E-state index is 0.264. The summed E-state index contributed by atoms with van der Waals surface area (Å²) in [6.07, 6.45) is 2.52. The van der Waals surface area contributed by atoms with E-state index in [0.29, 0.717) is 16.4 Å². The highest BCUT2D eigenvalue weighted by atomic mass is 19.1. The molecule has 0 bridgehead atoms. The lowest BCUT2D eigenvalue weighted by molar-refractivity contribution is 0.640. The lowest BCUT2D eigenvalue weighted by Gasteiger charge is -2.20. The second kappa shape index (κ2) is 4.10. The van der Waals surface area contributed by atoms with Crippen molar-refractivity contribution in [3.63, 3.8) is 0 Å². The highest BCUT2D eigenvalue weighted by Gasteiger charge is 2.22. The van der Waals surface area contributed by atoms with E-state index in [0.717, 1.165) is 23.1 Å². The van der Waals surface area contributed by atoms with Gasteiger partial charge in [-0.25, -0.2) is 4.39 Å². The Balaban J connectivity index is 2.05. The normalized spacial score (nSPS) is 12.6. The highest BCUT2D eigenvalue weighted by molar-refractivity contribution is 6.11. The summed E-state index contributed by atoms with van der Waals surface area (Å²) < 4.78 is 14.3. The van der Waals surface area contributed by atoms with Gasteiger partial charge in [-0.2, -0.15) is 0 Å². The second-order valence-corrected chi connectivity index (χ2v) is 5.61. The molecule has 2 aromatic heterocycles. The molecule has 4 aromatic rings. The first kappa shape index (κ1) is 11.8. The van der Waals surface area contributed by atoms with Gasteiger partial charge in [0.2, 0.25) is 0 Å². The van der Waals surface area contributed by atoms with Crippen LogP contribution in [0.15, 0.2) is 54.7 Å². The molecule has 0 unspecified atom stereocenters. The zero-order valence-corrected chi connectivity index (χ0v) is 11.7. The predicted molar refractivity (Wildman–Crippen MR) is 85.2 cm³/mol. The Hall–Kier alpha value is -2.81. The largest absolute Gasteiger partial charge is 0.255 e. The van der Waals surface area contributed by atoms with Crippen LogP contribution in [0.1, 0.15) is 11.3 Å². The molecule has 5 rings (SSSR count). The molecule has 0 aliphatic heterocycles. The van der Waals surface area contributed by atoms with Crippen molar-refractivity contribution in [2.24, 2.45) is 0 Å². The minimum atomic E-state index is -0.264. The van der Waals surface area contributed by atoms with Crippen molar-refractivity contribution in [3.05, 3.63) is 71.8 Å². The average molecular weight is 286 g/mol. The molecule has 22 heavy (non-hydrogen) atoms. The number of rotatable bonds is 0. The molecule has 2 aromatic carbocycles. The minimum Gasteiger partial charge on any atom is -0.255 e. The van der Waals surface area contributed by atoms with Crippen LogP contribution in [0, 0.1) is 5.82 Å². The molecular formula is C19H11FN2. The lowest BCUT2D eigenvalue weighted by Crippen LogP contribution is -2.05. The number of aromatic nitrogens is 2. The van der Waals surface area contributed by atoms with Gasteiger partial charge >= 0.3 is 0 Å². The van der Waals surface area contributed by atoms with E-state index in [4.69, 9.17) is 4.98 Å². The van der Waals surface area contributed by atoms with Crippen molar-refractivity contribution < 1.29 is 4.39 Å². The smallest absolute Gasteiger partial charge is 0.134 e. The summed E-state index contributed by atoms with van der Waals surface area (Å²) in [5.41, 5.74) is 5.91. The van der Waals surface area contributed by atoms with Gasteiger partial charge in [-0.05, 0) is 34.9 Å². The molecule has 0 N–H and O–H groups in total. The number of pyridine rings is 2. The average Bonchev–Trinajstić information content (AvgIpc) is 2.55. The van der Waals surface area contributed by atoms with E-state index >= 15 is 0 Å². The van der Waals surface area contributed by atoms with Gasteiger partial charge in [-0.1, -0.05) is 30.3 Å². The number of halogens is 1. The predicted octanol–water partition coefficient (Wildman–Crippen LogP) is 4.49. The fourth-order valence-electron chi connectivity index (χ4n) is 3.46. The molecule has 2 nitrogen and oxygen atoms in total. The van der Waals surface area contributed by atoms with Gasteiger partial charge in [0, 0.05) is 18.0 Å². The van der Waals surface area contributed by atoms with Crippen molar-refractivity contribution in [3.8, 4) is 11.1 Å². The molecule has 0 saturated carbocycles. The van der Waals surface area contributed by atoms with Gasteiger partial charge < -0.3 is 0 Å². The van der Waals surface area contributed by atoms with Crippen LogP contribution >= 0.6 is 0 Å². The second-order valence-electron chi connectivity index (χ2n) is 5.61. The third-order valence-electron chi connectivity index (χ3n) is 4.39. The van der Waals surface area contributed by atoms with E-state index in [1.165, 1.54) is 17.2 Å². The highest BCUT2D eigenvalue weighted by Crippen LogP contribution is 2.40. The van der Waals surface area contributed by atoms with Crippen LogP contribution in [-0.4, -0.2) is 9.97 Å². The summed E-state index contributed by atoms with van der Waals surface area (Å²) in [5.74, 6) is -0.264. The molecule has 0 amide bonds. The summed E-state index contributed by atoms with van der Waals surface area (Å²) in [5, 5.41) is 1.50. The summed E-state index contributed by atoms with van der Waals surface area (Å²) >= 11 is 0. The van der Waals surface area contributed by atoms with Crippen molar-refractivity contribution >= 4 is 21.8 Å². The van der Waals surface area contributed by atoms with E-state index in [2.05, 4.69) is 17.1 Å². The molecule has 0 radical (unpaired) electrons. The first-order valence-electron chi connectivity index (χ1n) is 7.27. The molecular weight excluding hydrogens is 275 g/mol. The van der Waals surface area contributed by atoms with Crippen LogP contribution in [0.5, 0.6) is 0 Å². The maximum absolute atomic E-state index is 14.3. The molecule has 3 heteroatoms. The van der Waals surface area contributed by atoms with Crippen molar-refractivity contribution in [2.75, 3.05) is 0 Å². The quantitative estimate of drug-likeness (QED) is 0.392. The number of benzene rings is 2. The Kier molecular flexibility index (Phi) is 2.20. The van der Waals surface area contributed by atoms with Gasteiger partial charge in [0.1, 0.15) is 5.82 Å². The van der Waals surface area contributed by atoms with Crippen molar-refractivity contribution in [1.29, 1.82) is 0 Å². The number of nitrogens with zero attached hydrogens (tertiary/aromatic N) is 2. The van der Waals surface area contributed by atoms with E-state index in [9.17, 15) is 4.39 Å². The molecule has 0 atom stereocenters. The molecule has 1 aliphatic rings. The standard InChI is InChI=1S/C19H11FN2/c20-14-6-3-7-15-18(14)19-17-13(8-9-21-19)12-5-2-1-4-11(12)10-16(17)22-15/h1-9H,10H2. The van der Waals surface area contributed by atoms with Crippen LogP contribution in [0.3, 0.4) is 0 Å². The SMILES string of the molecule is Fc1cccc2nc3c4c(ccnc4c12)-c1ccccc1C3. The zero-order chi connectivity index (χ0) is 14.7. The Morgan fingerprint density at radius 1 is 0.864 bits per heavy atom. The van der Waals surface area contributed by atoms with Gasteiger partial charge in [0.25, 0.3) is 0 Å². The van der Waals surface area contributed by atoms with Crippen molar-refractivity contribution in [1.82, 2.24) is 9.97 Å². The van der Waals surface area contributed by atoms with E-state index in [-0.39, 0.29) is 5.82 Å². The van der Waals surface area contributed by atoms with E-state index < -0.39 is 0 Å². The third-order valence-corrected chi connectivity index (χ3v) is 4.39. The lowest BCUT2D eigenvalue weighted by atomic mass is 9.87. The summed E-state index contributed by atoms with van der Waals surface area (Å²) in [4.78, 5) is 9.18. The maximum atomic E-state index is 14.3. The molecule has 0 spiro atoms. The summed E-state index contributed by atoms with van der Waals surface area (Å²) in [6.45, 7) is 0. The molecule has 2 heterocycles. The van der Waals surface area contributed by atoms with Crippen molar-refractivity contribution in [2.45, 2.75) is 6.42 Å². The van der Waals surface area contributed by atoms with Gasteiger partial charge in [0.05, 0.1) is 22.1 Å². The van der Waals surface area contributed by atoms with Gasteiger partial charge in [0.15, 0.2) is 0 Å². The molecule has 0 fully saturated rings. The Morgan fingerprint density at radius 2 is 1.77 bits per heavy atom. The van der Waals surface area contributed by atoms with Crippen LogP contribution in [0.2, 0.25) is 0 Å². The third kappa shape index (κ3) is 1.43. The fraction of sp³-hybridized carbons (Fsp3) is 0.0526. The first-order chi connectivity index (χ1) is 10.8. The topological polar surface area (TPSA) is 25.8 Å². The number of hydrogen-bond acceptors (Lipinski definition) is 2. The summed E-state index contributed by atoms with van der Waals surface area (Å²) in [7, 11) is 0. The molecule has 1 aliphatic carbocycles. The Bertz CT molecular complexity index is 1070. The van der Waals surface area contributed by atoms with Gasteiger partial charge in [-0.15, -0.1) is 0 Å². The number of hydrogen-bond donors (Lipinski definition) is 0. The van der Waals surface area contributed by atoms with Crippen LogP contribution in [0.25, 0.3) is 32.9 Å². The Labute approximate surface area is 126 Å². The zero-order valence-electron chi connectivity index (χ0n) is 11.7. The van der Waals surface area contributed by atoms with E-state index in [1.807, 2.05) is 24.3 Å². The Morgan fingerprint density at radius 3 is 2.73 bits per heavy atom. The first-order valence-corrected chi connectivity index (χ1v) is 7.27. The van der Waals surface area contributed by atoms with E-state index in [1.54, 1.807) is 12.3 Å².